The Hall–Kier alpha value is -0.100. The number of hydrogen-bond acceptors (Lipinski definition) is 4. The van der Waals surface area contributed by atoms with Crippen LogP contribution in [-0.4, -0.2) is 19.1 Å². The van der Waals surface area contributed by atoms with Crippen molar-refractivity contribution in [3.63, 3.8) is 0 Å². The molecule has 1 aromatic rings. The lowest BCUT2D eigenvalue weighted by atomic mass is 10.1. The second-order valence-corrected chi connectivity index (χ2v) is 7.62. The van der Waals surface area contributed by atoms with Crippen LogP contribution in [0.3, 0.4) is 0 Å². The molecule has 0 spiro atoms. The Balaban J connectivity index is 2.12. The number of methoxy groups -OCH3 is 1. The molecule has 0 bridgehead atoms. The lowest BCUT2D eigenvalue weighted by Crippen LogP contribution is -2.37. The van der Waals surface area contributed by atoms with Crippen molar-refractivity contribution in [2.24, 2.45) is 0 Å². The van der Waals surface area contributed by atoms with Crippen LogP contribution in [0.15, 0.2) is 10.5 Å². The molecule has 3 nitrogen and oxygen atoms in total. The largest absolute Gasteiger partial charge is 0.468 e. The van der Waals surface area contributed by atoms with E-state index in [-0.39, 0.29) is 5.97 Å². The lowest BCUT2D eigenvalue weighted by Gasteiger charge is -2.22. The van der Waals surface area contributed by atoms with Crippen molar-refractivity contribution >= 4 is 44.8 Å². The van der Waals surface area contributed by atoms with E-state index in [1.54, 1.807) is 0 Å². The van der Waals surface area contributed by atoms with Gasteiger partial charge in [0.2, 0.25) is 0 Å². The highest BCUT2D eigenvalue weighted by atomic mass is 79.9. The van der Waals surface area contributed by atoms with Crippen LogP contribution in [0.2, 0.25) is 4.34 Å². The average Bonchev–Trinajstić information content (AvgIpc) is 2.66. The molecule has 1 aliphatic rings. The van der Waals surface area contributed by atoms with E-state index in [9.17, 15) is 4.79 Å². The maximum atomic E-state index is 12.1. The molecule has 0 amide bonds. The molecule has 0 radical (unpaired) electrons. The van der Waals surface area contributed by atoms with Gasteiger partial charge in [0.05, 0.1) is 7.11 Å². The van der Waals surface area contributed by atoms with Gasteiger partial charge in [-0.25, -0.2) is 4.79 Å². The molecule has 0 aromatic carbocycles. The fraction of sp³-hybridized carbons (Fsp3) is 0.643. The third kappa shape index (κ3) is 4.20. The van der Waals surface area contributed by atoms with Crippen LogP contribution in [-0.2, 0) is 9.53 Å². The van der Waals surface area contributed by atoms with Crippen molar-refractivity contribution in [1.29, 1.82) is 0 Å². The minimum Gasteiger partial charge on any atom is -0.468 e. The number of ether oxygens (including phenoxy) is 1. The van der Waals surface area contributed by atoms with Crippen molar-refractivity contribution in [3.8, 4) is 0 Å². The van der Waals surface area contributed by atoms with E-state index in [4.69, 9.17) is 16.3 Å². The first-order valence-corrected chi connectivity index (χ1v) is 8.89. The van der Waals surface area contributed by atoms with Crippen LogP contribution in [0.5, 0.6) is 0 Å². The number of esters is 1. The van der Waals surface area contributed by atoms with Crippen molar-refractivity contribution in [2.45, 2.75) is 50.6 Å². The molecule has 112 valence electrons. The summed E-state index contributed by atoms with van der Waals surface area (Å²) in [5.74, 6) is -0.250. The quantitative estimate of drug-likeness (QED) is 0.608. The van der Waals surface area contributed by atoms with E-state index in [0.717, 1.165) is 22.2 Å². The minimum absolute atomic E-state index is 0.250. The Bertz CT molecular complexity index is 439. The zero-order valence-electron chi connectivity index (χ0n) is 11.5. The number of carbonyl (C=O) groups is 1. The molecule has 20 heavy (non-hydrogen) atoms. The van der Waals surface area contributed by atoms with Crippen molar-refractivity contribution in [3.05, 3.63) is 19.8 Å². The molecule has 2 rings (SSSR count). The average molecular weight is 381 g/mol. The molecule has 1 heterocycles. The van der Waals surface area contributed by atoms with Gasteiger partial charge < -0.3 is 4.74 Å². The molecule has 1 saturated carbocycles. The topological polar surface area (TPSA) is 38.3 Å². The first-order chi connectivity index (χ1) is 9.61. The lowest BCUT2D eigenvalue weighted by molar-refractivity contribution is -0.143. The zero-order valence-corrected chi connectivity index (χ0v) is 14.6. The maximum Gasteiger partial charge on any atom is 0.328 e. The van der Waals surface area contributed by atoms with Gasteiger partial charge in [-0.2, -0.15) is 0 Å². The summed E-state index contributed by atoms with van der Waals surface area (Å²) in [5.41, 5.74) is 0. The fourth-order valence-electron chi connectivity index (χ4n) is 2.57. The summed E-state index contributed by atoms with van der Waals surface area (Å²) in [4.78, 5) is 13.0. The van der Waals surface area contributed by atoms with Crippen LogP contribution in [0.4, 0.5) is 0 Å². The zero-order chi connectivity index (χ0) is 14.5. The molecular weight excluding hydrogens is 362 g/mol. The van der Waals surface area contributed by atoms with Crippen molar-refractivity contribution < 1.29 is 9.53 Å². The summed E-state index contributed by atoms with van der Waals surface area (Å²) in [5, 5.41) is 3.46. The number of hydrogen-bond donors (Lipinski definition) is 1. The van der Waals surface area contributed by atoms with Gasteiger partial charge in [0.25, 0.3) is 0 Å². The number of carbonyl (C=O) groups excluding carboxylic acids is 1. The van der Waals surface area contributed by atoms with Crippen molar-refractivity contribution in [2.75, 3.05) is 7.11 Å². The Kier molecular flexibility index (Phi) is 6.33. The van der Waals surface area contributed by atoms with E-state index >= 15 is 0 Å². The van der Waals surface area contributed by atoms with Gasteiger partial charge in [0, 0.05) is 15.4 Å². The molecule has 1 fully saturated rings. The van der Waals surface area contributed by atoms with Gasteiger partial charge in [-0.05, 0) is 34.8 Å². The Morgan fingerprint density at radius 3 is 2.60 bits per heavy atom. The maximum absolute atomic E-state index is 12.1. The molecule has 1 N–H and O–H groups in total. The molecule has 1 unspecified atom stereocenters. The summed E-state index contributed by atoms with van der Waals surface area (Å²) < 4.78 is 6.43. The smallest absolute Gasteiger partial charge is 0.328 e. The monoisotopic (exact) mass is 379 g/mol. The van der Waals surface area contributed by atoms with Crippen LogP contribution in [0.25, 0.3) is 0 Å². The van der Waals surface area contributed by atoms with Crippen LogP contribution in [0.1, 0.15) is 49.4 Å². The second kappa shape index (κ2) is 7.78. The molecule has 6 heteroatoms. The van der Waals surface area contributed by atoms with E-state index < -0.39 is 6.04 Å². The second-order valence-electron chi connectivity index (χ2n) is 5.08. The van der Waals surface area contributed by atoms with E-state index in [1.165, 1.54) is 44.1 Å². The summed E-state index contributed by atoms with van der Waals surface area (Å²) in [6.45, 7) is 0. The summed E-state index contributed by atoms with van der Waals surface area (Å²) in [6, 6.07) is 1.86. The van der Waals surface area contributed by atoms with Gasteiger partial charge in [-0.15, -0.1) is 11.3 Å². The summed E-state index contributed by atoms with van der Waals surface area (Å²) in [7, 11) is 1.42. The van der Waals surface area contributed by atoms with Gasteiger partial charge in [-0.3, -0.25) is 5.32 Å². The highest BCUT2D eigenvalue weighted by Crippen LogP contribution is 2.36. The Labute approximate surface area is 137 Å². The van der Waals surface area contributed by atoms with Crippen LogP contribution < -0.4 is 5.32 Å². The van der Waals surface area contributed by atoms with E-state index in [2.05, 4.69) is 21.2 Å². The van der Waals surface area contributed by atoms with Crippen LogP contribution in [0, 0.1) is 0 Å². The number of rotatable bonds is 4. The normalized spacial score (nSPS) is 18.6. The summed E-state index contributed by atoms with van der Waals surface area (Å²) in [6.07, 6.45) is 7.26. The SMILES string of the molecule is COC(=O)C(NC1CCCCCC1)c1cc(Br)c(Cl)s1. The van der Waals surface area contributed by atoms with Gasteiger partial charge >= 0.3 is 5.97 Å². The standard InChI is InChI=1S/C14H19BrClNO2S/c1-19-14(18)12(11-8-10(15)13(16)20-11)17-9-6-4-2-3-5-7-9/h8-9,12,17H,2-7H2,1H3. The first kappa shape index (κ1) is 16.3. The predicted molar refractivity (Wildman–Crippen MR) is 86.4 cm³/mol. The molecule has 1 aliphatic carbocycles. The van der Waals surface area contributed by atoms with Gasteiger partial charge in [0.15, 0.2) is 0 Å². The molecule has 0 aliphatic heterocycles. The fourth-order valence-corrected chi connectivity index (χ4v) is 4.36. The third-order valence-corrected chi connectivity index (χ3v) is 6.18. The molecule has 0 saturated heterocycles. The molecular formula is C14H19BrClNO2S. The van der Waals surface area contributed by atoms with Crippen LogP contribution >= 0.6 is 38.9 Å². The van der Waals surface area contributed by atoms with Gasteiger partial charge in [-0.1, -0.05) is 37.3 Å². The Morgan fingerprint density at radius 1 is 1.45 bits per heavy atom. The third-order valence-electron chi connectivity index (χ3n) is 3.64. The number of halogens is 2. The minimum atomic E-state index is -0.420. The molecule has 1 aromatic heterocycles. The van der Waals surface area contributed by atoms with E-state index in [1.807, 2.05) is 6.07 Å². The number of thiophene rings is 1. The highest BCUT2D eigenvalue weighted by Gasteiger charge is 2.27. The van der Waals surface area contributed by atoms with Gasteiger partial charge in [0.1, 0.15) is 10.4 Å². The van der Waals surface area contributed by atoms with E-state index in [0.29, 0.717) is 10.4 Å². The highest BCUT2D eigenvalue weighted by molar-refractivity contribution is 9.10. The Morgan fingerprint density at radius 2 is 2.10 bits per heavy atom. The molecule has 1 atom stereocenters. The van der Waals surface area contributed by atoms with Crippen molar-refractivity contribution in [1.82, 2.24) is 5.32 Å². The number of nitrogens with one attached hydrogen (secondary N) is 1. The first-order valence-electron chi connectivity index (χ1n) is 6.90. The predicted octanol–water partition coefficient (Wildman–Crippen LogP) is 4.69. The summed E-state index contributed by atoms with van der Waals surface area (Å²) >= 11 is 10.9.